The lowest BCUT2D eigenvalue weighted by Crippen LogP contribution is -2.02. The van der Waals surface area contributed by atoms with E-state index in [4.69, 9.17) is 0 Å². The molecule has 3 aromatic carbocycles. The Hall–Kier alpha value is -2.74. The highest BCUT2D eigenvalue weighted by atomic mass is 14.9. The standard InChI is InChI=1S/C27H32N2/c1-19(2)9-7-8-14-28-24-13-12-21-16-22-17-27(29-23-10-5-4-6-11-23)20(3)15-25(22)26(21)18-24/h4-6,10-13,15,17-19,28-29H,7-9,14,16H2,1-3H3. The van der Waals surface area contributed by atoms with E-state index in [1.807, 2.05) is 6.07 Å². The maximum atomic E-state index is 3.63. The lowest BCUT2D eigenvalue weighted by molar-refractivity contribution is 0.545. The molecule has 1 aliphatic rings. The molecule has 1 aliphatic carbocycles. The Labute approximate surface area is 175 Å². The van der Waals surface area contributed by atoms with Crippen molar-refractivity contribution >= 4 is 17.1 Å². The van der Waals surface area contributed by atoms with Gasteiger partial charge in [0.2, 0.25) is 0 Å². The molecule has 0 heterocycles. The number of aryl methyl sites for hydroxylation is 1. The van der Waals surface area contributed by atoms with E-state index in [-0.39, 0.29) is 0 Å². The average molecular weight is 385 g/mol. The Bertz CT molecular complexity index is 973. The summed E-state index contributed by atoms with van der Waals surface area (Å²) in [5, 5.41) is 7.20. The minimum Gasteiger partial charge on any atom is -0.385 e. The molecule has 2 N–H and O–H groups in total. The van der Waals surface area contributed by atoms with Crippen LogP contribution in [0.4, 0.5) is 17.1 Å². The number of hydrogen-bond acceptors (Lipinski definition) is 2. The van der Waals surface area contributed by atoms with Crippen LogP contribution in [0.5, 0.6) is 0 Å². The first-order valence-corrected chi connectivity index (χ1v) is 10.9. The van der Waals surface area contributed by atoms with E-state index < -0.39 is 0 Å². The van der Waals surface area contributed by atoms with Crippen molar-refractivity contribution in [2.45, 2.75) is 46.5 Å². The van der Waals surface area contributed by atoms with E-state index in [0.717, 1.165) is 24.6 Å². The predicted molar refractivity (Wildman–Crippen MR) is 126 cm³/mol. The zero-order valence-corrected chi connectivity index (χ0v) is 17.9. The second kappa shape index (κ2) is 8.73. The van der Waals surface area contributed by atoms with Gasteiger partial charge in [-0.25, -0.2) is 0 Å². The van der Waals surface area contributed by atoms with E-state index in [2.05, 4.69) is 86.0 Å². The molecule has 29 heavy (non-hydrogen) atoms. The van der Waals surface area contributed by atoms with Gasteiger partial charge in [-0.1, -0.05) is 51.0 Å². The van der Waals surface area contributed by atoms with Crippen LogP contribution in [-0.2, 0) is 6.42 Å². The molecule has 0 atom stereocenters. The second-order valence-electron chi connectivity index (χ2n) is 8.68. The van der Waals surface area contributed by atoms with Gasteiger partial charge in [-0.15, -0.1) is 0 Å². The summed E-state index contributed by atoms with van der Waals surface area (Å²) in [6, 6.07) is 22.0. The Morgan fingerprint density at radius 3 is 2.41 bits per heavy atom. The Morgan fingerprint density at radius 1 is 0.828 bits per heavy atom. The molecule has 0 aromatic heterocycles. The van der Waals surface area contributed by atoms with Gasteiger partial charge in [0.15, 0.2) is 0 Å². The highest BCUT2D eigenvalue weighted by molar-refractivity contribution is 5.83. The van der Waals surface area contributed by atoms with Crippen LogP contribution in [0.3, 0.4) is 0 Å². The summed E-state index contributed by atoms with van der Waals surface area (Å²) in [6.45, 7) is 7.85. The number of fused-ring (bicyclic) bond motifs is 3. The first kappa shape index (κ1) is 19.6. The van der Waals surface area contributed by atoms with Gasteiger partial charge in [0.1, 0.15) is 0 Å². The zero-order chi connectivity index (χ0) is 20.2. The summed E-state index contributed by atoms with van der Waals surface area (Å²) in [6.07, 6.45) is 4.87. The zero-order valence-electron chi connectivity index (χ0n) is 17.9. The van der Waals surface area contributed by atoms with E-state index >= 15 is 0 Å². The van der Waals surface area contributed by atoms with Gasteiger partial charge >= 0.3 is 0 Å². The molecular weight excluding hydrogens is 352 g/mol. The number of unbranched alkanes of at least 4 members (excludes halogenated alkanes) is 1. The first-order valence-electron chi connectivity index (χ1n) is 10.9. The molecule has 2 nitrogen and oxygen atoms in total. The third kappa shape index (κ3) is 4.64. The van der Waals surface area contributed by atoms with Crippen LogP contribution in [0.15, 0.2) is 60.7 Å². The van der Waals surface area contributed by atoms with Crippen molar-refractivity contribution in [3.8, 4) is 11.1 Å². The molecule has 0 saturated carbocycles. The number of nitrogens with one attached hydrogen (secondary N) is 2. The Kier molecular flexibility index (Phi) is 5.89. The molecule has 0 bridgehead atoms. The summed E-state index contributed by atoms with van der Waals surface area (Å²) < 4.78 is 0. The highest BCUT2D eigenvalue weighted by Crippen LogP contribution is 2.41. The molecule has 0 fully saturated rings. The lowest BCUT2D eigenvalue weighted by atomic mass is 10.0. The van der Waals surface area contributed by atoms with Gasteiger partial charge in [-0.3, -0.25) is 0 Å². The molecular formula is C27H32N2. The van der Waals surface area contributed by atoms with Crippen molar-refractivity contribution in [3.05, 3.63) is 77.4 Å². The van der Waals surface area contributed by atoms with E-state index in [9.17, 15) is 0 Å². The fourth-order valence-corrected chi connectivity index (χ4v) is 4.17. The SMILES string of the molecule is Cc1cc2c(cc1Nc1ccccc1)Cc1ccc(NCCCCC(C)C)cc1-2. The number of anilines is 3. The minimum absolute atomic E-state index is 0.802. The van der Waals surface area contributed by atoms with Crippen LogP contribution in [0.2, 0.25) is 0 Å². The summed E-state index contributed by atoms with van der Waals surface area (Å²) in [5.41, 5.74) is 10.5. The molecule has 0 aliphatic heterocycles. The summed E-state index contributed by atoms with van der Waals surface area (Å²) >= 11 is 0. The quantitative estimate of drug-likeness (QED) is 0.306. The van der Waals surface area contributed by atoms with Crippen LogP contribution in [0.25, 0.3) is 11.1 Å². The van der Waals surface area contributed by atoms with Crippen LogP contribution in [0.1, 0.15) is 49.8 Å². The normalized spacial score (nSPS) is 12.0. The maximum Gasteiger partial charge on any atom is 0.0417 e. The fraction of sp³-hybridized carbons (Fsp3) is 0.333. The minimum atomic E-state index is 0.802. The molecule has 0 unspecified atom stereocenters. The van der Waals surface area contributed by atoms with Gasteiger partial charge < -0.3 is 10.6 Å². The molecule has 0 spiro atoms. The number of para-hydroxylation sites is 1. The molecule has 4 rings (SSSR count). The van der Waals surface area contributed by atoms with E-state index in [1.165, 1.54) is 58.5 Å². The monoisotopic (exact) mass is 384 g/mol. The van der Waals surface area contributed by atoms with Crippen LogP contribution in [-0.4, -0.2) is 6.54 Å². The van der Waals surface area contributed by atoms with Crippen molar-refractivity contribution < 1.29 is 0 Å². The Balaban J connectivity index is 1.48. The van der Waals surface area contributed by atoms with Gasteiger partial charge in [0, 0.05) is 23.6 Å². The van der Waals surface area contributed by atoms with Gasteiger partial charge in [-0.2, -0.15) is 0 Å². The number of benzene rings is 3. The van der Waals surface area contributed by atoms with Gasteiger partial charge in [0.25, 0.3) is 0 Å². The van der Waals surface area contributed by atoms with Gasteiger partial charge in [0.05, 0.1) is 0 Å². The number of rotatable bonds is 8. The topological polar surface area (TPSA) is 24.1 Å². The third-order valence-corrected chi connectivity index (χ3v) is 5.82. The van der Waals surface area contributed by atoms with Crippen LogP contribution < -0.4 is 10.6 Å². The molecule has 3 aromatic rings. The Morgan fingerprint density at radius 2 is 1.62 bits per heavy atom. The predicted octanol–water partition coefficient (Wildman–Crippen LogP) is 7.55. The molecule has 0 radical (unpaired) electrons. The molecule has 150 valence electrons. The fourth-order valence-electron chi connectivity index (χ4n) is 4.17. The summed E-state index contributed by atoms with van der Waals surface area (Å²) in [5.74, 6) is 0.802. The van der Waals surface area contributed by atoms with E-state index in [0.29, 0.717) is 0 Å². The number of hydrogen-bond donors (Lipinski definition) is 2. The average Bonchev–Trinajstić information content (AvgIpc) is 3.05. The van der Waals surface area contributed by atoms with E-state index in [1.54, 1.807) is 0 Å². The molecule has 0 saturated heterocycles. The molecule has 2 heteroatoms. The highest BCUT2D eigenvalue weighted by Gasteiger charge is 2.20. The molecule has 0 amide bonds. The van der Waals surface area contributed by atoms with Crippen molar-refractivity contribution in [2.75, 3.05) is 17.2 Å². The van der Waals surface area contributed by atoms with Gasteiger partial charge in [-0.05, 0) is 89.9 Å². The summed E-state index contributed by atoms with van der Waals surface area (Å²) in [4.78, 5) is 0. The van der Waals surface area contributed by atoms with Crippen molar-refractivity contribution in [2.24, 2.45) is 5.92 Å². The van der Waals surface area contributed by atoms with Crippen molar-refractivity contribution in [1.29, 1.82) is 0 Å². The summed E-state index contributed by atoms with van der Waals surface area (Å²) in [7, 11) is 0. The van der Waals surface area contributed by atoms with Crippen LogP contribution >= 0.6 is 0 Å². The lowest BCUT2D eigenvalue weighted by Gasteiger charge is -2.13. The largest absolute Gasteiger partial charge is 0.385 e. The first-order chi connectivity index (χ1) is 14.1. The maximum absolute atomic E-state index is 3.63. The van der Waals surface area contributed by atoms with Crippen molar-refractivity contribution in [3.63, 3.8) is 0 Å². The van der Waals surface area contributed by atoms with Crippen molar-refractivity contribution in [1.82, 2.24) is 0 Å². The smallest absolute Gasteiger partial charge is 0.0417 e. The van der Waals surface area contributed by atoms with Crippen LogP contribution in [0, 0.1) is 12.8 Å². The second-order valence-corrected chi connectivity index (χ2v) is 8.68. The third-order valence-electron chi connectivity index (χ3n) is 5.82.